The van der Waals surface area contributed by atoms with Crippen LogP contribution in [-0.4, -0.2) is 26.6 Å². The summed E-state index contributed by atoms with van der Waals surface area (Å²) in [4.78, 5) is 4.05. The zero-order valence-electron chi connectivity index (χ0n) is 11.4. The van der Waals surface area contributed by atoms with Gasteiger partial charge in [-0.3, -0.25) is 9.71 Å². The molecule has 0 saturated carbocycles. The normalized spacial score (nSPS) is 14.2. The van der Waals surface area contributed by atoms with Gasteiger partial charge in [-0.1, -0.05) is 31.5 Å². The molecule has 5 nitrogen and oxygen atoms in total. The average Bonchev–Trinajstić information content (AvgIpc) is 2.27. The third kappa shape index (κ3) is 5.30. The van der Waals surface area contributed by atoms with Crippen LogP contribution >= 0.6 is 0 Å². The molecule has 106 valence electrons. The summed E-state index contributed by atoms with van der Waals surface area (Å²) in [5, 5.41) is 12.0. The highest BCUT2D eigenvalue weighted by atomic mass is 32.2. The first-order valence-corrected chi connectivity index (χ1v) is 8.04. The van der Waals surface area contributed by atoms with E-state index in [-0.39, 0.29) is 17.3 Å². The molecule has 0 spiro atoms. The predicted octanol–water partition coefficient (Wildman–Crippen LogP) is 1.35. The van der Waals surface area contributed by atoms with Crippen molar-refractivity contribution in [1.82, 2.24) is 0 Å². The van der Waals surface area contributed by atoms with Gasteiger partial charge >= 0.3 is 0 Å². The van der Waals surface area contributed by atoms with E-state index in [2.05, 4.69) is 9.71 Å². The van der Waals surface area contributed by atoms with Crippen molar-refractivity contribution in [3.8, 4) is 0 Å². The van der Waals surface area contributed by atoms with E-state index in [4.69, 9.17) is 0 Å². The molecule has 1 aromatic rings. The molecule has 0 aliphatic rings. The number of nitrogens with one attached hydrogen (secondary N) is 1. The Bertz CT molecular complexity index is 553. The SMILES string of the molecule is CCC[C@@H](C)N=C([O-])c1ccccc1NS(C)(=O)=O. The predicted molar refractivity (Wildman–Crippen MR) is 75.8 cm³/mol. The summed E-state index contributed by atoms with van der Waals surface area (Å²) < 4.78 is 24.8. The van der Waals surface area contributed by atoms with Gasteiger partial charge in [-0.05, 0) is 25.3 Å². The Balaban J connectivity index is 3.06. The van der Waals surface area contributed by atoms with Gasteiger partial charge in [-0.15, -0.1) is 0 Å². The number of rotatable bonds is 6. The van der Waals surface area contributed by atoms with Crippen LogP contribution in [0.4, 0.5) is 5.69 Å². The van der Waals surface area contributed by atoms with Crippen molar-refractivity contribution in [2.45, 2.75) is 32.7 Å². The van der Waals surface area contributed by atoms with Crippen molar-refractivity contribution in [3.63, 3.8) is 0 Å². The van der Waals surface area contributed by atoms with Crippen LogP contribution in [0.2, 0.25) is 0 Å². The maximum Gasteiger partial charge on any atom is 0.229 e. The van der Waals surface area contributed by atoms with Gasteiger partial charge in [0.25, 0.3) is 0 Å². The second-order valence-corrected chi connectivity index (χ2v) is 6.24. The molecule has 1 N–H and O–H groups in total. The zero-order chi connectivity index (χ0) is 14.5. The Morgan fingerprint density at radius 1 is 1.42 bits per heavy atom. The third-order valence-electron chi connectivity index (χ3n) is 2.50. The van der Waals surface area contributed by atoms with Crippen LogP contribution in [0.3, 0.4) is 0 Å². The van der Waals surface area contributed by atoms with Crippen molar-refractivity contribution >= 4 is 21.6 Å². The summed E-state index contributed by atoms with van der Waals surface area (Å²) in [6, 6.07) is 6.40. The van der Waals surface area contributed by atoms with Crippen LogP contribution in [0, 0.1) is 0 Å². The number of benzene rings is 1. The topological polar surface area (TPSA) is 81.6 Å². The van der Waals surface area contributed by atoms with Gasteiger partial charge in [0.1, 0.15) is 0 Å². The fraction of sp³-hybridized carbons (Fsp3) is 0.462. The van der Waals surface area contributed by atoms with E-state index in [1.165, 1.54) is 0 Å². The molecular weight excluding hydrogens is 264 g/mol. The number of sulfonamides is 1. The maximum absolute atomic E-state index is 12.0. The Morgan fingerprint density at radius 2 is 2.05 bits per heavy atom. The number of hydrogen-bond acceptors (Lipinski definition) is 4. The molecule has 19 heavy (non-hydrogen) atoms. The molecule has 0 aromatic heterocycles. The van der Waals surface area contributed by atoms with Crippen LogP contribution in [0.1, 0.15) is 32.3 Å². The summed E-state index contributed by atoms with van der Waals surface area (Å²) in [5.74, 6) is -0.396. The molecule has 0 radical (unpaired) electrons. The molecule has 1 aromatic carbocycles. The number of anilines is 1. The molecular formula is C13H19N2O3S-. The highest BCUT2D eigenvalue weighted by Crippen LogP contribution is 2.16. The first-order valence-electron chi connectivity index (χ1n) is 6.15. The van der Waals surface area contributed by atoms with E-state index in [0.717, 1.165) is 19.1 Å². The lowest BCUT2D eigenvalue weighted by atomic mass is 10.1. The Kier molecular flexibility index (Phi) is 5.35. The molecule has 0 heterocycles. The number of hydrogen-bond donors (Lipinski definition) is 1. The molecule has 0 saturated heterocycles. The third-order valence-corrected chi connectivity index (χ3v) is 3.09. The molecule has 1 atom stereocenters. The van der Waals surface area contributed by atoms with Crippen LogP contribution in [-0.2, 0) is 10.0 Å². The van der Waals surface area contributed by atoms with Crippen molar-refractivity contribution in [1.29, 1.82) is 0 Å². The highest BCUT2D eigenvalue weighted by molar-refractivity contribution is 7.92. The average molecular weight is 283 g/mol. The molecule has 0 fully saturated rings. The lowest BCUT2D eigenvalue weighted by Gasteiger charge is -2.18. The molecule has 0 bridgehead atoms. The van der Waals surface area contributed by atoms with Gasteiger partial charge in [-0.2, -0.15) is 0 Å². The van der Waals surface area contributed by atoms with Gasteiger partial charge in [0.2, 0.25) is 10.0 Å². The Morgan fingerprint density at radius 3 is 2.63 bits per heavy atom. The zero-order valence-corrected chi connectivity index (χ0v) is 12.2. The highest BCUT2D eigenvalue weighted by Gasteiger charge is 2.07. The van der Waals surface area contributed by atoms with Crippen LogP contribution < -0.4 is 9.83 Å². The van der Waals surface area contributed by atoms with Crippen molar-refractivity contribution in [3.05, 3.63) is 29.8 Å². The largest absolute Gasteiger partial charge is 0.858 e. The molecule has 0 aliphatic carbocycles. The Hall–Kier alpha value is -1.56. The number of nitrogens with zero attached hydrogens (tertiary/aromatic N) is 1. The lowest BCUT2D eigenvalue weighted by Crippen LogP contribution is -2.23. The van der Waals surface area contributed by atoms with Gasteiger partial charge in [0.15, 0.2) is 0 Å². The van der Waals surface area contributed by atoms with Crippen molar-refractivity contribution < 1.29 is 13.5 Å². The van der Waals surface area contributed by atoms with Gasteiger partial charge in [-0.25, -0.2) is 8.42 Å². The molecule has 1 rings (SSSR count). The summed E-state index contributed by atoms with van der Waals surface area (Å²) >= 11 is 0. The van der Waals surface area contributed by atoms with Crippen molar-refractivity contribution in [2.24, 2.45) is 4.99 Å². The summed E-state index contributed by atoms with van der Waals surface area (Å²) in [6.07, 6.45) is 2.82. The van der Waals surface area contributed by atoms with E-state index in [0.29, 0.717) is 0 Å². The van der Waals surface area contributed by atoms with E-state index in [9.17, 15) is 13.5 Å². The van der Waals surface area contributed by atoms with Crippen molar-refractivity contribution in [2.75, 3.05) is 11.0 Å². The second-order valence-electron chi connectivity index (χ2n) is 4.49. The minimum absolute atomic E-state index is 0.0659. The van der Waals surface area contributed by atoms with Gasteiger partial charge < -0.3 is 5.11 Å². The van der Waals surface area contributed by atoms with Gasteiger partial charge in [0, 0.05) is 11.6 Å². The van der Waals surface area contributed by atoms with E-state index < -0.39 is 15.9 Å². The molecule has 6 heteroatoms. The first kappa shape index (κ1) is 15.5. The van der Waals surface area contributed by atoms with E-state index in [1.54, 1.807) is 24.3 Å². The van der Waals surface area contributed by atoms with Crippen LogP contribution in [0.5, 0.6) is 0 Å². The van der Waals surface area contributed by atoms with E-state index in [1.807, 2.05) is 13.8 Å². The minimum Gasteiger partial charge on any atom is -0.858 e. The second kappa shape index (κ2) is 6.56. The number of aliphatic imine (C=N–C) groups is 1. The minimum atomic E-state index is -3.42. The number of para-hydroxylation sites is 1. The van der Waals surface area contributed by atoms with Crippen LogP contribution in [0.25, 0.3) is 0 Å². The standard InChI is InChI=1S/C13H20N2O3S/c1-4-7-10(2)14-13(16)11-8-5-6-9-12(11)15-19(3,17)18/h5-6,8-10,15H,4,7H2,1-3H3,(H,14,16)/p-1/t10-/m1/s1. The lowest BCUT2D eigenvalue weighted by molar-refractivity contribution is -0.213. The monoisotopic (exact) mass is 283 g/mol. The quantitative estimate of drug-likeness (QED) is 0.632. The summed E-state index contributed by atoms with van der Waals surface area (Å²) in [7, 11) is -3.42. The summed E-state index contributed by atoms with van der Waals surface area (Å²) in [5.41, 5.74) is 0.540. The maximum atomic E-state index is 12.0. The fourth-order valence-corrected chi connectivity index (χ4v) is 2.29. The first-order chi connectivity index (χ1) is 8.83. The molecule has 0 amide bonds. The fourth-order valence-electron chi connectivity index (χ4n) is 1.71. The van der Waals surface area contributed by atoms with E-state index >= 15 is 0 Å². The summed E-state index contributed by atoms with van der Waals surface area (Å²) in [6.45, 7) is 3.89. The molecule has 0 aliphatic heterocycles. The van der Waals surface area contributed by atoms with Gasteiger partial charge in [0.05, 0.1) is 11.9 Å². The van der Waals surface area contributed by atoms with Crippen LogP contribution in [0.15, 0.2) is 29.3 Å². The smallest absolute Gasteiger partial charge is 0.229 e. The molecule has 0 unspecified atom stereocenters. The Labute approximate surface area is 114 Å².